The van der Waals surface area contributed by atoms with E-state index in [-0.39, 0.29) is 19.1 Å². The maximum atomic E-state index is 13.0. The first-order chi connectivity index (χ1) is 34.0. The summed E-state index contributed by atoms with van der Waals surface area (Å²) in [5, 5.41) is 13.9. The number of hydrogen-bond acceptors (Lipinski definition) is 5. The van der Waals surface area contributed by atoms with Crippen LogP contribution in [-0.4, -0.2) is 73.4 Å². The van der Waals surface area contributed by atoms with Crippen molar-refractivity contribution in [2.24, 2.45) is 0 Å². The Morgan fingerprint density at radius 2 is 0.857 bits per heavy atom. The smallest absolute Gasteiger partial charge is 0.387 e. The van der Waals surface area contributed by atoms with Crippen LogP contribution in [0.4, 0.5) is 0 Å². The number of quaternary nitrogens is 1. The number of amides is 1. The molecule has 0 saturated carbocycles. The Bertz CT molecular complexity index is 1320. The summed E-state index contributed by atoms with van der Waals surface area (Å²) >= 11 is 0. The molecule has 0 aliphatic rings. The number of unbranched alkanes of at least 4 members (excludes halogenated alkanes) is 33. The molecule has 0 bridgehead atoms. The predicted molar refractivity (Wildman–Crippen MR) is 304 cm³/mol. The van der Waals surface area contributed by atoms with E-state index in [1.54, 1.807) is 6.08 Å². The third kappa shape index (κ3) is 54.0. The molecular weight excluding hydrogens is 888 g/mol. The topological polar surface area (TPSA) is 105 Å². The second-order valence-corrected chi connectivity index (χ2v) is 22.8. The van der Waals surface area contributed by atoms with E-state index in [1.165, 1.54) is 186 Å². The van der Waals surface area contributed by atoms with Gasteiger partial charge in [0.15, 0.2) is 0 Å². The van der Waals surface area contributed by atoms with Crippen LogP contribution < -0.4 is 5.32 Å². The van der Waals surface area contributed by atoms with Gasteiger partial charge in [-0.2, -0.15) is 0 Å². The fourth-order valence-electron chi connectivity index (χ4n) is 8.62. The van der Waals surface area contributed by atoms with E-state index in [4.69, 9.17) is 9.05 Å². The third-order valence-corrected chi connectivity index (χ3v) is 14.2. The van der Waals surface area contributed by atoms with E-state index >= 15 is 0 Å². The van der Waals surface area contributed by atoms with E-state index in [2.05, 4.69) is 67.8 Å². The van der Waals surface area contributed by atoms with Crippen LogP contribution in [0.2, 0.25) is 0 Å². The Labute approximate surface area is 434 Å². The lowest BCUT2D eigenvalue weighted by Gasteiger charge is -2.25. The van der Waals surface area contributed by atoms with Gasteiger partial charge < -0.3 is 19.8 Å². The number of phosphoric ester groups is 1. The number of carbonyl (C=O) groups is 1. The molecule has 0 aromatic heterocycles. The number of nitrogens with one attached hydrogen (secondary N) is 1. The van der Waals surface area contributed by atoms with Crippen molar-refractivity contribution in [1.29, 1.82) is 0 Å². The average Bonchev–Trinajstić information content (AvgIpc) is 3.32. The SMILES string of the molecule is CC/C=C\C/C=C\C/C=C\C/C=C\CCCCCCCCCCCCCCCCCCCCC(=O)NC(COP(=O)(O)OCC[N+](C)(C)C)C(O)/C=C/CCCCCCCCCCCCCCCCC. The number of aliphatic hydroxyl groups excluding tert-OH is 1. The predicted octanol–water partition coefficient (Wildman–Crippen LogP) is 18.1. The van der Waals surface area contributed by atoms with Crippen LogP contribution in [0.3, 0.4) is 0 Å². The summed E-state index contributed by atoms with van der Waals surface area (Å²) in [7, 11) is 1.58. The third-order valence-electron chi connectivity index (χ3n) is 13.2. The highest BCUT2D eigenvalue weighted by atomic mass is 31.2. The van der Waals surface area contributed by atoms with Crippen molar-refractivity contribution in [1.82, 2.24) is 5.32 Å². The highest BCUT2D eigenvalue weighted by molar-refractivity contribution is 7.47. The number of phosphoric acid groups is 1. The molecule has 0 saturated heterocycles. The maximum Gasteiger partial charge on any atom is 0.472 e. The molecular formula is C61H116N2O6P+. The summed E-state index contributed by atoms with van der Waals surface area (Å²) < 4.78 is 23.7. The first kappa shape index (κ1) is 68.2. The van der Waals surface area contributed by atoms with Crippen LogP contribution >= 0.6 is 7.82 Å². The molecule has 9 heteroatoms. The second kappa shape index (κ2) is 52.1. The largest absolute Gasteiger partial charge is 0.472 e. The van der Waals surface area contributed by atoms with Crippen LogP contribution in [0.5, 0.6) is 0 Å². The Morgan fingerprint density at radius 3 is 1.26 bits per heavy atom. The van der Waals surface area contributed by atoms with Gasteiger partial charge in [0.05, 0.1) is 39.9 Å². The van der Waals surface area contributed by atoms with Crippen molar-refractivity contribution < 1.29 is 32.9 Å². The van der Waals surface area contributed by atoms with Crippen LogP contribution in [0.25, 0.3) is 0 Å². The lowest BCUT2D eigenvalue weighted by atomic mass is 10.0. The van der Waals surface area contributed by atoms with Crippen molar-refractivity contribution in [3.05, 3.63) is 60.8 Å². The van der Waals surface area contributed by atoms with Gasteiger partial charge in [0.2, 0.25) is 5.91 Å². The van der Waals surface area contributed by atoms with Crippen LogP contribution in [-0.2, 0) is 18.4 Å². The minimum Gasteiger partial charge on any atom is -0.387 e. The number of hydrogen-bond donors (Lipinski definition) is 3. The number of nitrogens with zero attached hydrogens (tertiary/aromatic N) is 1. The average molecular weight is 1000 g/mol. The Morgan fingerprint density at radius 1 is 0.500 bits per heavy atom. The number of carbonyl (C=O) groups excluding carboxylic acids is 1. The van der Waals surface area contributed by atoms with Gasteiger partial charge >= 0.3 is 7.82 Å². The molecule has 3 atom stereocenters. The first-order valence-corrected chi connectivity index (χ1v) is 31.2. The molecule has 3 N–H and O–H groups in total. The molecule has 0 heterocycles. The van der Waals surface area contributed by atoms with Crippen molar-refractivity contribution >= 4 is 13.7 Å². The molecule has 1 amide bonds. The number of allylic oxidation sites excluding steroid dienone is 9. The molecule has 410 valence electrons. The summed E-state index contributed by atoms with van der Waals surface area (Å²) in [6.07, 6.45) is 70.4. The van der Waals surface area contributed by atoms with E-state index in [1.807, 2.05) is 27.2 Å². The van der Waals surface area contributed by atoms with Gasteiger partial charge in [-0.25, -0.2) is 4.57 Å². The standard InChI is InChI=1S/C61H115N2O6P/c1-6-8-10-12-14-16-18-20-22-24-25-26-27-28-29-30-31-32-33-34-35-36-37-39-41-43-45-47-49-51-53-55-61(65)62-59(58-69-70(66,67)68-57-56-63(3,4)5)60(64)54-52-50-48-46-44-42-40-38-23-21-19-17-15-13-11-9-7-2/h8,10,14,16,20,22,25-26,52,54,59-60,64H,6-7,9,11-13,15,17-19,21,23-24,27-51,53,55-58H2,1-5H3,(H-,62,65,66,67)/p+1/b10-8-,16-14-,22-20-,26-25-,54-52+. The molecule has 70 heavy (non-hydrogen) atoms. The van der Waals surface area contributed by atoms with Gasteiger partial charge in [-0.15, -0.1) is 0 Å². The molecule has 0 aliphatic carbocycles. The summed E-state index contributed by atoms with van der Waals surface area (Å²) in [5.41, 5.74) is 0. The van der Waals surface area contributed by atoms with E-state index in [9.17, 15) is 19.4 Å². The number of likely N-dealkylation sites (N-methyl/N-ethyl adjacent to an activating group) is 1. The molecule has 0 spiro atoms. The van der Waals surface area contributed by atoms with Crippen molar-refractivity contribution in [2.75, 3.05) is 40.9 Å². The molecule has 0 fully saturated rings. The highest BCUT2D eigenvalue weighted by Gasteiger charge is 2.27. The fourth-order valence-corrected chi connectivity index (χ4v) is 9.36. The molecule has 0 aromatic rings. The van der Waals surface area contributed by atoms with Gasteiger partial charge in [-0.05, 0) is 57.8 Å². The Hall–Kier alpha value is -1.80. The van der Waals surface area contributed by atoms with E-state index < -0.39 is 20.0 Å². The first-order valence-electron chi connectivity index (χ1n) is 29.7. The molecule has 0 radical (unpaired) electrons. The lowest BCUT2D eigenvalue weighted by molar-refractivity contribution is -0.870. The zero-order chi connectivity index (χ0) is 51.3. The minimum absolute atomic E-state index is 0.0616. The molecule has 3 unspecified atom stereocenters. The number of aliphatic hydroxyl groups is 1. The molecule has 0 aromatic carbocycles. The van der Waals surface area contributed by atoms with Crippen LogP contribution in [0, 0.1) is 0 Å². The summed E-state index contributed by atoms with van der Waals surface area (Å²) in [6.45, 7) is 4.73. The van der Waals surface area contributed by atoms with Gasteiger partial charge in [-0.1, -0.05) is 267 Å². The van der Waals surface area contributed by atoms with Crippen molar-refractivity contribution in [2.45, 2.75) is 283 Å². The van der Waals surface area contributed by atoms with Crippen molar-refractivity contribution in [3.8, 4) is 0 Å². The molecule has 8 nitrogen and oxygen atoms in total. The quantitative estimate of drug-likeness (QED) is 0.0243. The van der Waals surface area contributed by atoms with Gasteiger partial charge in [0.25, 0.3) is 0 Å². The van der Waals surface area contributed by atoms with E-state index in [0.29, 0.717) is 17.4 Å². The Kier molecular flexibility index (Phi) is 50.7. The summed E-state index contributed by atoms with van der Waals surface area (Å²) in [5.74, 6) is -0.175. The number of rotatable bonds is 54. The second-order valence-electron chi connectivity index (χ2n) is 21.3. The van der Waals surface area contributed by atoms with Crippen LogP contribution in [0.1, 0.15) is 271 Å². The van der Waals surface area contributed by atoms with Gasteiger partial charge in [0, 0.05) is 6.42 Å². The zero-order valence-corrected chi connectivity index (χ0v) is 47.7. The molecule has 0 aliphatic heterocycles. The zero-order valence-electron chi connectivity index (χ0n) is 46.8. The monoisotopic (exact) mass is 1000 g/mol. The van der Waals surface area contributed by atoms with E-state index in [0.717, 1.165) is 64.2 Å². The summed E-state index contributed by atoms with van der Waals surface area (Å²) in [6, 6.07) is -0.847. The fraction of sp³-hybridized carbons (Fsp3) is 0.820. The summed E-state index contributed by atoms with van der Waals surface area (Å²) in [4.78, 5) is 23.3. The minimum atomic E-state index is -4.35. The van der Waals surface area contributed by atoms with Crippen LogP contribution in [0.15, 0.2) is 60.8 Å². The van der Waals surface area contributed by atoms with Gasteiger partial charge in [-0.3, -0.25) is 13.8 Å². The normalized spacial score (nSPS) is 14.3. The molecule has 0 rings (SSSR count). The Balaban J connectivity index is 4.09. The highest BCUT2D eigenvalue weighted by Crippen LogP contribution is 2.43. The van der Waals surface area contributed by atoms with Crippen molar-refractivity contribution in [3.63, 3.8) is 0 Å². The lowest BCUT2D eigenvalue weighted by Crippen LogP contribution is -2.45. The van der Waals surface area contributed by atoms with Gasteiger partial charge in [0.1, 0.15) is 13.2 Å². The maximum absolute atomic E-state index is 13.0.